The quantitative estimate of drug-likeness (QED) is 0.646. The number of hydrogen-bond acceptors (Lipinski definition) is 4. The number of unbranched alkanes of at least 4 members (excludes halogenated alkanes) is 2. The maximum absolute atomic E-state index is 5.59. The largest absolute Gasteiger partial charge is 0.369 e. The van der Waals surface area contributed by atoms with Gasteiger partial charge in [0.05, 0.1) is 9.26 Å². The molecule has 0 bridgehead atoms. The predicted molar refractivity (Wildman–Crippen MR) is 71.9 cm³/mol. The Bertz CT molecular complexity index is 327. The van der Waals surface area contributed by atoms with E-state index < -0.39 is 0 Å². The summed E-state index contributed by atoms with van der Waals surface area (Å²) in [6, 6.07) is 0. The molecule has 0 spiro atoms. The first kappa shape index (κ1) is 12.5. The minimum absolute atomic E-state index is 0.339. The fourth-order valence-corrected chi connectivity index (χ4v) is 1.71. The predicted octanol–water partition coefficient (Wildman–Crippen LogP) is 2.57. The van der Waals surface area contributed by atoms with Crippen LogP contribution in [0.15, 0.2) is 0 Å². The van der Waals surface area contributed by atoms with Gasteiger partial charge in [-0.25, -0.2) is 4.98 Å². The first-order valence-corrected chi connectivity index (χ1v) is 6.26. The molecule has 84 valence electrons. The lowest BCUT2D eigenvalue weighted by Gasteiger charge is -2.09. The molecule has 0 aliphatic heterocycles. The fourth-order valence-electron chi connectivity index (χ4n) is 1.28. The zero-order chi connectivity index (χ0) is 11.3. The minimum atomic E-state index is 0.339. The first-order valence-electron chi connectivity index (χ1n) is 5.18. The van der Waals surface area contributed by atoms with Crippen LogP contribution in [0.1, 0.15) is 31.9 Å². The molecule has 1 heterocycles. The molecule has 0 atom stereocenters. The summed E-state index contributed by atoms with van der Waals surface area (Å²) in [6.45, 7) is 5.08. The molecule has 0 saturated carbocycles. The number of anilines is 2. The van der Waals surface area contributed by atoms with Gasteiger partial charge >= 0.3 is 0 Å². The molecule has 0 aromatic carbocycles. The molecule has 0 aliphatic rings. The minimum Gasteiger partial charge on any atom is -0.369 e. The van der Waals surface area contributed by atoms with Crippen LogP contribution in [-0.4, -0.2) is 16.5 Å². The molecule has 1 rings (SSSR count). The van der Waals surface area contributed by atoms with Gasteiger partial charge in [0.2, 0.25) is 5.95 Å². The summed E-state index contributed by atoms with van der Waals surface area (Å²) < 4.78 is 1.05. The van der Waals surface area contributed by atoms with Crippen molar-refractivity contribution in [2.24, 2.45) is 0 Å². The van der Waals surface area contributed by atoms with Crippen molar-refractivity contribution in [3.63, 3.8) is 0 Å². The summed E-state index contributed by atoms with van der Waals surface area (Å²) in [5.74, 6) is 1.20. The van der Waals surface area contributed by atoms with E-state index in [1.165, 1.54) is 12.8 Å². The molecule has 15 heavy (non-hydrogen) atoms. The average Bonchev–Trinajstić information content (AvgIpc) is 2.19. The number of nitrogens with two attached hydrogens (primary N) is 1. The maximum Gasteiger partial charge on any atom is 0.222 e. The molecule has 0 fully saturated rings. The van der Waals surface area contributed by atoms with E-state index in [0.29, 0.717) is 5.95 Å². The topological polar surface area (TPSA) is 63.8 Å². The third-order valence-corrected chi connectivity index (χ3v) is 3.40. The van der Waals surface area contributed by atoms with Gasteiger partial charge in [-0.1, -0.05) is 19.8 Å². The highest BCUT2D eigenvalue weighted by molar-refractivity contribution is 14.1. The molecule has 1 aromatic rings. The van der Waals surface area contributed by atoms with Crippen molar-refractivity contribution in [1.29, 1.82) is 0 Å². The molecule has 0 radical (unpaired) electrons. The SMILES string of the molecule is CCCCCNc1nc(N)nc(C)c1I. The van der Waals surface area contributed by atoms with Crippen molar-refractivity contribution < 1.29 is 0 Å². The first-order chi connectivity index (χ1) is 7.15. The van der Waals surface area contributed by atoms with Crippen molar-refractivity contribution in [2.75, 3.05) is 17.6 Å². The summed E-state index contributed by atoms with van der Waals surface area (Å²) in [7, 11) is 0. The third-order valence-electron chi connectivity index (χ3n) is 2.11. The van der Waals surface area contributed by atoms with Crippen LogP contribution in [0.25, 0.3) is 0 Å². The van der Waals surface area contributed by atoms with Crippen LogP contribution in [0.4, 0.5) is 11.8 Å². The van der Waals surface area contributed by atoms with Gasteiger partial charge in [-0.05, 0) is 35.9 Å². The van der Waals surface area contributed by atoms with E-state index in [1.807, 2.05) is 6.92 Å². The summed E-state index contributed by atoms with van der Waals surface area (Å²) in [4.78, 5) is 8.28. The van der Waals surface area contributed by atoms with Gasteiger partial charge < -0.3 is 11.1 Å². The second kappa shape index (κ2) is 6.09. The van der Waals surface area contributed by atoms with Crippen LogP contribution < -0.4 is 11.1 Å². The number of aromatic nitrogens is 2. The van der Waals surface area contributed by atoms with Gasteiger partial charge in [-0.15, -0.1) is 0 Å². The Morgan fingerprint density at radius 2 is 2.07 bits per heavy atom. The van der Waals surface area contributed by atoms with Gasteiger partial charge in [0.15, 0.2) is 0 Å². The van der Waals surface area contributed by atoms with Crippen LogP contribution >= 0.6 is 22.6 Å². The number of aryl methyl sites for hydroxylation is 1. The van der Waals surface area contributed by atoms with E-state index in [-0.39, 0.29) is 0 Å². The van der Waals surface area contributed by atoms with E-state index in [0.717, 1.165) is 28.0 Å². The van der Waals surface area contributed by atoms with Crippen molar-refractivity contribution in [3.8, 4) is 0 Å². The van der Waals surface area contributed by atoms with Crippen LogP contribution in [-0.2, 0) is 0 Å². The third kappa shape index (κ3) is 3.81. The van der Waals surface area contributed by atoms with E-state index in [9.17, 15) is 0 Å². The normalized spacial score (nSPS) is 10.3. The Balaban J connectivity index is 2.60. The van der Waals surface area contributed by atoms with E-state index >= 15 is 0 Å². The molecular formula is C10H17IN4. The lowest BCUT2D eigenvalue weighted by molar-refractivity contribution is 0.742. The Morgan fingerprint density at radius 3 is 2.73 bits per heavy atom. The van der Waals surface area contributed by atoms with Gasteiger partial charge in [0.25, 0.3) is 0 Å². The maximum atomic E-state index is 5.59. The molecule has 0 saturated heterocycles. The Hall–Kier alpha value is -0.590. The number of nitrogen functional groups attached to an aromatic ring is 1. The summed E-state index contributed by atoms with van der Waals surface area (Å²) in [5, 5.41) is 3.29. The number of nitrogens with zero attached hydrogens (tertiary/aromatic N) is 2. The van der Waals surface area contributed by atoms with Crippen LogP contribution in [0.3, 0.4) is 0 Å². The lowest BCUT2D eigenvalue weighted by Crippen LogP contribution is -2.09. The van der Waals surface area contributed by atoms with Crippen LogP contribution in [0, 0.1) is 10.5 Å². The Kier molecular flexibility index (Phi) is 5.07. The highest BCUT2D eigenvalue weighted by Crippen LogP contribution is 2.19. The van der Waals surface area contributed by atoms with Gasteiger partial charge in [0, 0.05) is 6.54 Å². The van der Waals surface area contributed by atoms with Crippen molar-refractivity contribution in [2.45, 2.75) is 33.1 Å². The molecule has 1 aromatic heterocycles. The monoisotopic (exact) mass is 320 g/mol. The zero-order valence-electron chi connectivity index (χ0n) is 9.18. The second-order valence-electron chi connectivity index (χ2n) is 3.46. The standard InChI is InChI=1S/C10H17IN4/c1-3-4-5-6-13-9-8(11)7(2)14-10(12)15-9/h3-6H2,1-2H3,(H3,12,13,14,15). The van der Waals surface area contributed by atoms with Crippen molar-refractivity contribution in [3.05, 3.63) is 9.26 Å². The van der Waals surface area contributed by atoms with Crippen LogP contribution in [0.5, 0.6) is 0 Å². The number of hydrogen-bond donors (Lipinski definition) is 2. The summed E-state index contributed by atoms with van der Waals surface area (Å²) in [6.07, 6.45) is 3.63. The van der Waals surface area contributed by atoms with Gasteiger partial charge in [-0.2, -0.15) is 4.98 Å². The van der Waals surface area contributed by atoms with Crippen molar-refractivity contribution >= 4 is 34.4 Å². The number of rotatable bonds is 5. The molecule has 0 amide bonds. The Morgan fingerprint density at radius 1 is 1.33 bits per heavy atom. The van der Waals surface area contributed by atoms with Crippen molar-refractivity contribution in [1.82, 2.24) is 9.97 Å². The van der Waals surface area contributed by atoms with E-state index in [2.05, 4.69) is 44.8 Å². The molecule has 0 aliphatic carbocycles. The fraction of sp³-hybridized carbons (Fsp3) is 0.600. The van der Waals surface area contributed by atoms with Gasteiger partial charge in [0.1, 0.15) is 5.82 Å². The Labute approximate surface area is 104 Å². The highest BCUT2D eigenvalue weighted by Gasteiger charge is 2.06. The zero-order valence-corrected chi connectivity index (χ0v) is 11.3. The summed E-state index contributed by atoms with van der Waals surface area (Å²) >= 11 is 2.24. The molecular weight excluding hydrogens is 303 g/mol. The van der Waals surface area contributed by atoms with Crippen LogP contribution in [0.2, 0.25) is 0 Å². The molecule has 0 unspecified atom stereocenters. The number of halogens is 1. The summed E-state index contributed by atoms with van der Waals surface area (Å²) in [5.41, 5.74) is 6.52. The number of nitrogens with one attached hydrogen (secondary N) is 1. The lowest BCUT2D eigenvalue weighted by atomic mass is 10.2. The van der Waals surface area contributed by atoms with E-state index in [1.54, 1.807) is 0 Å². The average molecular weight is 320 g/mol. The second-order valence-corrected chi connectivity index (χ2v) is 4.54. The van der Waals surface area contributed by atoms with Gasteiger partial charge in [-0.3, -0.25) is 0 Å². The molecule has 3 N–H and O–H groups in total. The van der Waals surface area contributed by atoms with E-state index in [4.69, 9.17) is 5.73 Å². The smallest absolute Gasteiger partial charge is 0.222 e. The molecule has 5 heteroatoms. The molecule has 4 nitrogen and oxygen atoms in total. The highest BCUT2D eigenvalue weighted by atomic mass is 127.